The first-order valence-corrected chi connectivity index (χ1v) is 7.88. The molecule has 0 radical (unpaired) electrons. The van der Waals surface area contributed by atoms with Gasteiger partial charge in [0.05, 0.1) is 13.2 Å². The molecule has 2 rings (SSSR count). The van der Waals surface area contributed by atoms with Crippen molar-refractivity contribution < 1.29 is 22.3 Å². The van der Waals surface area contributed by atoms with E-state index in [9.17, 15) is 17.6 Å². The Morgan fingerprint density at radius 2 is 2.04 bits per heavy atom. The molecule has 138 valence electrons. The average Bonchev–Trinajstić information content (AvgIpc) is 2.92. The van der Waals surface area contributed by atoms with E-state index in [2.05, 4.69) is 4.98 Å². The number of hydrogen-bond donors (Lipinski definition) is 0. The summed E-state index contributed by atoms with van der Waals surface area (Å²) < 4.78 is 57.2. The van der Waals surface area contributed by atoms with E-state index in [1.807, 2.05) is 4.90 Å². The highest BCUT2D eigenvalue weighted by atomic mass is 35.5. The fraction of sp³-hybridized carbons (Fsp3) is 0.438. The Labute approximate surface area is 148 Å². The van der Waals surface area contributed by atoms with Crippen LogP contribution in [0.4, 0.5) is 17.6 Å². The van der Waals surface area contributed by atoms with E-state index in [0.717, 1.165) is 4.57 Å². The van der Waals surface area contributed by atoms with Crippen LogP contribution in [-0.4, -0.2) is 40.9 Å². The Kier molecular flexibility index (Phi) is 6.80. The molecule has 0 atom stereocenters. The van der Waals surface area contributed by atoms with E-state index in [1.54, 1.807) is 6.07 Å². The summed E-state index contributed by atoms with van der Waals surface area (Å²) in [5.74, 6) is -0.162. The van der Waals surface area contributed by atoms with Crippen molar-refractivity contribution in [3.05, 3.63) is 52.8 Å². The number of nitrogens with zero attached hydrogens (tertiary/aromatic N) is 3. The monoisotopic (exact) mass is 379 g/mol. The number of imidazole rings is 1. The number of alkyl halides is 3. The van der Waals surface area contributed by atoms with E-state index in [1.165, 1.54) is 31.6 Å². The molecule has 0 aliphatic carbocycles. The Hall–Kier alpha value is -1.64. The standard InChI is InChI=1S/C16H18ClF4N3O/c1-25-7-6-23(9-12-2-3-13(18)8-14(12)17)10-15-22-4-5-24(15)11-16(19,20)21/h2-5,8H,6-7,9-11H2,1H3. The number of ether oxygens (including phenoxy) is 1. The lowest BCUT2D eigenvalue weighted by atomic mass is 10.2. The SMILES string of the molecule is COCCN(Cc1ccc(F)cc1Cl)Cc1nccn1CC(F)(F)F. The zero-order valence-corrected chi connectivity index (χ0v) is 14.3. The Bertz CT molecular complexity index is 690. The quantitative estimate of drug-likeness (QED) is 0.652. The van der Waals surface area contributed by atoms with E-state index < -0.39 is 18.5 Å². The summed E-state index contributed by atoms with van der Waals surface area (Å²) in [5.41, 5.74) is 0.674. The summed E-state index contributed by atoms with van der Waals surface area (Å²) in [6.45, 7) is 0.265. The first-order chi connectivity index (χ1) is 11.8. The third kappa shape index (κ3) is 6.30. The molecule has 0 bridgehead atoms. The summed E-state index contributed by atoms with van der Waals surface area (Å²) >= 11 is 6.04. The van der Waals surface area contributed by atoms with Crippen LogP contribution in [0.5, 0.6) is 0 Å². The van der Waals surface area contributed by atoms with Gasteiger partial charge in [0.25, 0.3) is 0 Å². The molecule has 2 aromatic rings. The minimum Gasteiger partial charge on any atom is -0.383 e. The number of hydrogen-bond acceptors (Lipinski definition) is 3. The molecule has 0 aliphatic heterocycles. The van der Waals surface area contributed by atoms with Gasteiger partial charge in [-0.3, -0.25) is 4.90 Å². The summed E-state index contributed by atoms with van der Waals surface area (Å²) in [7, 11) is 1.54. The number of rotatable bonds is 8. The average molecular weight is 380 g/mol. The van der Waals surface area contributed by atoms with Crippen LogP contribution in [0.25, 0.3) is 0 Å². The van der Waals surface area contributed by atoms with Gasteiger partial charge in [0, 0.05) is 37.6 Å². The van der Waals surface area contributed by atoms with Gasteiger partial charge in [-0.05, 0) is 17.7 Å². The first kappa shape index (κ1) is 19.7. The van der Waals surface area contributed by atoms with Gasteiger partial charge in [-0.1, -0.05) is 17.7 Å². The van der Waals surface area contributed by atoms with Crippen molar-refractivity contribution in [2.45, 2.75) is 25.8 Å². The van der Waals surface area contributed by atoms with Crippen molar-refractivity contribution in [2.24, 2.45) is 0 Å². The van der Waals surface area contributed by atoms with Gasteiger partial charge < -0.3 is 9.30 Å². The largest absolute Gasteiger partial charge is 0.406 e. The van der Waals surface area contributed by atoms with Crippen molar-refractivity contribution in [3.8, 4) is 0 Å². The summed E-state index contributed by atoms with van der Waals surface area (Å²) in [5, 5.41) is 0.265. The van der Waals surface area contributed by atoms with Crippen LogP contribution in [-0.2, 0) is 24.4 Å². The highest BCUT2D eigenvalue weighted by molar-refractivity contribution is 6.31. The van der Waals surface area contributed by atoms with Crippen molar-refractivity contribution in [3.63, 3.8) is 0 Å². The second kappa shape index (κ2) is 8.64. The fourth-order valence-electron chi connectivity index (χ4n) is 2.35. The normalized spacial score (nSPS) is 12.1. The van der Waals surface area contributed by atoms with Gasteiger partial charge in [-0.15, -0.1) is 0 Å². The van der Waals surface area contributed by atoms with Crippen LogP contribution >= 0.6 is 11.6 Å². The van der Waals surface area contributed by atoms with Gasteiger partial charge in [0.2, 0.25) is 0 Å². The lowest BCUT2D eigenvalue weighted by molar-refractivity contribution is -0.141. The Morgan fingerprint density at radius 3 is 2.68 bits per heavy atom. The molecule has 0 spiro atoms. The van der Waals surface area contributed by atoms with Crippen LogP contribution in [0.1, 0.15) is 11.4 Å². The van der Waals surface area contributed by atoms with Crippen molar-refractivity contribution in [1.29, 1.82) is 0 Å². The maximum absolute atomic E-state index is 13.2. The first-order valence-electron chi connectivity index (χ1n) is 7.50. The third-order valence-corrected chi connectivity index (χ3v) is 3.89. The molecule has 25 heavy (non-hydrogen) atoms. The summed E-state index contributed by atoms with van der Waals surface area (Å²) in [6, 6.07) is 4.05. The molecule has 0 fully saturated rings. The predicted molar refractivity (Wildman–Crippen MR) is 85.7 cm³/mol. The maximum Gasteiger partial charge on any atom is 0.406 e. The second-order valence-electron chi connectivity index (χ2n) is 5.53. The lowest BCUT2D eigenvalue weighted by Crippen LogP contribution is -2.29. The zero-order valence-electron chi connectivity index (χ0n) is 13.6. The molecule has 1 heterocycles. The van der Waals surface area contributed by atoms with Crippen LogP contribution < -0.4 is 0 Å². The molecule has 1 aromatic carbocycles. The van der Waals surface area contributed by atoms with Crippen LogP contribution in [0, 0.1) is 5.82 Å². The van der Waals surface area contributed by atoms with E-state index in [-0.39, 0.29) is 17.4 Å². The number of halogens is 5. The highest BCUT2D eigenvalue weighted by Crippen LogP contribution is 2.21. The second-order valence-corrected chi connectivity index (χ2v) is 5.93. The maximum atomic E-state index is 13.2. The Morgan fingerprint density at radius 1 is 1.28 bits per heavy atom. The van der Waals surface area contributed by atoms with Gasteiger partial charge in [-0.25, -0.2) is 9.37 Å². The molecule has 1 aromatic heterocycles. The smallest absolute Gasteiger partial charge is 0.383 e. The minimum absolute atomic E-state index is 0.181. The zero-order chi connectivity index (χ0) is 18.4. The van der Waals surface area contributed by atoms with Crippen molar-refractivity contribution in [1.82, 2.24) is 14.5 Å². The number of benzene rings is 1. The highest BCUT2D eigenvalue weighted by Gasteiger charge is 2.29. The van der Waals surface area contributed by atoms with E-state index >= 15 is 0 Å². The van der Waals surface area contributed by atoms with E-state index in [0.29, 0.717) is 25.3 Å². The van der Waals surface area contributed by atoms with Gasteiger partial charge in [0.15, 0.2) is 0 Å². The summed E-state index contributed by atoms with van der Waals surface area (Å²) in [6.07, 6.45) is -1.70. The van der Waals surface area contributed by atoms with Crippen molar-refractivity contribution >= 4 is 11.6 Å². The van der Waals surface area contributed by atoms with Crippen molar-refractivity contribution in [2.75, 3.05) is 20.3 Å². The predicted octanol–water partition coefficient (Wildman–Crippen LogP) is 3.89. The molecule has 0 amide bonds. The van der Waals surface area contributed by atoms with Crippen LogP contribution in [0.2, 0.25) is 5.02 Å². The van der Waals surface area contributed by atoms with Crippen LogP contribution in [0.15, 0.2) is 30.6 Å². The topological polar surface area (TPSA) is 30.3 Å². The fourth-order valence-corrected chi connectivity index (χ4v) is 2.58. The minimum atomic E-state index is -4.33. The molecule has 0 saturated carbocycles. The molecule has 0 unspecified atom stereocenters. The van der Waals surface area contributed by atoms with Gasteiger partial charge >= 0.3 is 6.18 Å². The van der Waals surface area contributed by atoms with E-state index in [4.69, 9.17) is 16.3 Å². The van der Waals surface area contributed by atoms with Gasteiger partial charge in [-0.2, -0.15) is 13.2 Å². The molecule has 0 aliphatic rings. The number of methoxy groups -OCH3 is 1. The lowest BCUT2D eigenvalue weighted by Gasteiger charge is -2.23. The molecular formula is C16H18ClF4N3O. The molecular weight excluding hydrogens is 362 g/mol. The molecule has 0 N–H and O–H groups in total. The molecule has 9 heteroatoms. The summed E-state index contributed by atoms with van der Waals surface area (Å²) in [4.78, 5) is 5.86. The molecule has 4 nitrogen and oxygen atoms in total. The Balaban J connectivity index is 2.14. The van der Waals surface area contributed by atoms with Gasteiger partial charge in [0.1, 0.15) is 18.2 Å². The number of aromatic nitrogens is 2. The third-order valence-electron chi connectivity index (χ3n) is 3.54. The van der Waals surface area contributed by atoms with Crippen LogP contribution in [0.3, 0.4) is 0 Å². The molecule has 0 saturated heterocycles.